The first-order chi connectivity index (χ1) is 13.1. The van der Waals surface area contributed by atoms with Gasteiger partial charge in [0.2, 0.25) is 0 Å². The zero-order chi connectivity index (χ0) is 19.2. The monoisotopic (exact) mass is 381 g/mol. The summed E-state index contributed by atoms with van der Waals surface area (Å²) in [5.41, 5.74) is 5.69. The number of rotatable bonds is 7. The Kier molecular flexibility index (Phi) is 6.25. The first kappa shape index (κ1) is 19.1. The molecule has 0 saturated heterocycles. The van der Waals surface area contributed by atoms with Crippen LogP contribution in [0.3, 0.4) is 0 Å². The summed E-state index contributed by atoms with van der Waals surface area (Å²) in [6.45, 7) is 5.29. The van der Waals surface area contributed by atoms with Gasteiger partial charge in [-0.2, -0.15) is 0 Å². The number of hydrogen-bond donors (Lipinski definition) is 1. The van der Waals surface area contributed by atoms with Crippen molar-refractivity contribution in [2.75, 3.05) is 12.4 Å². The lowest BCUT2D eigenvalue weighted by molar-refractivity contribution is 0.284. The minimum atomic E-state index is 0.442. The van der Waals surface area contributed by atoms with E-state index in [9.17, 15) is 0 Å². The summed E-state index contributed by atoms with van der Waals surface area (Å²) in [4.78, 5) is 0. The van der Waals surface area contributed by atoms with Gasteiger partial charge in [-0.25, -0.2) is 0 Å². The van der Waals surface area contributed by atoms with E-state index in [2.05, 4.69) is 37.4 Å². The second-order valence-electron chi connectivity index (χ2n) is 6.56. The number of nitrogens with one attached hydrogen (secondary N) is 1. The Morgan fingerprint density at radius 1 is 0.926 bits per heavy atom. The molecule has 0 aliphatic carbocycles. The summed E-state index contributed by atoms with van der Waals surface area (Å²) in [6, 6.07) is 20.2. The Labute approximate surface area is 165 Å². The quantitative estimate of drug-likeness (QED) is 0.531. The van der Waals surface area contributed by atoms with Crippen LogP contribution in [0.1, 0.15) is 22.3 Å². The zero-order valence-electron chi connectivity index (χ0n) is 15.9. The van der Waals surface area contributed by atoms with E-state index in [4.69, 9.17) is 21.1 Å². The number of benzene rings is 3. The molecule has 3 aromatic carbocycles. The SMILES string of the molecule is COc1cc(CNc2ccc(C)cc2C)cc(Cl)c1OCc1ccccc1. The number of aryl methyl sites for hydroxylation is 2. The van der Waals surface area contributed by atoms with Crippen molar-refractivity contribution >= 4 is 17.3 Å². The van der Waals surface area contributed by atoms with Crippen molar-refractivity contribution in [2.45, 2.75) is 27.0 Å². The molecule has 3 nitrogen and oxygen atoms in total. The first-order valence-corrected chi connectivity index (χ1v) is 9.29. The molecule has 140 valence electrons. The summed E-state index contributed by atoms with van der Waals surface area (Å²) in [5, 5.41) is 4.00. The van der Waals surface area contributed by atoms with Crippen LogP contribution >= 0.6 is 11.6 Å². The molecule has 0 fully saturated rings. The van der Waals surface area contributed by atoms with Crippen LogP contribution in [0.2, 0.25) is 5.02 Å². The minimum Gasteiger partial charge on any atom is -0.493 e. The lowest BCUT2D eigenvalue weighted by atomic mass is 10.1. The third kappa shape index (κ3) is 4.95. The highest BCUT2D eigenvalue weighted by Gasteiger charge is 2.12. The van der Waals surface area contributed by atoms with Crippen molar-refractivity contribution in [3.05, 3.63) is 87.9 Å². The van der Waals surface area contributed by atoms with Gasteiger partial charge in [-0.15, -0.1) is 0 Å². The van der Waals surface area contributed by atoms with Gasteiger partial charge in [-0.05, 0) is 48.7 Å². The van der Waals surface area contributed by atoms with Gasteiger partial charge in [0.25, 0.3) is 0 Å². The Balaban J connectivity index is 1.73. The van der Waals surface area contributed by atoms with Gasteiger partial charge >= 0.3 is 0 Å². The lowest BCUT2D eigenvalue weighted by Crippen LogP contribution is -2.03. The predicted octanol–water partition coefficient (Wildman–Crippen LogP) is 6.16. The van der Waals surface area contributed by atoms with Gasteiger partial charge in [0, 0.05) is 12.2 Å². The van der Waals surface area contributed by atoms with Crippen LogP contribution in [0.4, 0.5) is 5.69 Å². The molecule has 1 N–H and O–H groups in total. The predicted molar refractivity (Wildman–Crippen MR) is 112 cm³/mol. The van der Waals surface area contributed by atoms with E-state index >= 15 is 0 Å². The van der Waals surface area contributed by atoms with E-state index in [0.717, 1.165) is 16.8 Å². The highest BCUT2D eigenvalue weighted by Crippen LogP contribution is 2.37. The number of anilines is 1. The molecular weight excluding hydrogens is 358 g/mol. The van der Waals surface area contributed by atoms with Gasteiger partial charge in [0.15, 0.2) is 11.5 Å². The van der Waals surface area contributed by atoms with Crippen molar-refractivity contribution in [1.82, 2.24) is 0 Å². The molecule has 0 spiro atoms. The van der Waals surface area contributed by atoms with E-state index in [1.54, 1.807) is 7.11 Å². The molecule has 0 atom stereocenters. The minimum absolute atomic E-state index is 0.442. The Hall–Kier alpha value is -2.65. The molecule has 0 unspecified atom stereocenters. The smallest absolute Gasteiger partial charge is 0.180 e. The van der Waals surface area contributed by atoms with Crippen molar-refractivity contribution < 1.29 is 9.47 Å². The Morgan fingerprint density at radius 3 is 2.41 bits per heavy atom. The Bertz CT molecular complexity index is 910. The number of hydrogen-bond acceptors (Lipinski definition) is 3. The van der Waals surface area contributed by atoms with Gasteiger partial charge in [-0.1, -0.05) is 59.6 Å². The second-order valence-corrected chi connectivity index (χ2v) is 6.96. The third-order valence-corrected chi connectivity index (χ3v) is 4.66. The normalized spacial score (nSPS) is 10.5. The van der Waals surface area contributed by atoms with Crippen LogP contribution in [-0.2, 0) is 13.2 Å². The van der Waals surface area contributed by atoms with Crippen LogP contribution < -0.4 is 14.8 Å². The van der Waals surface area contributed by atoms with Crippen molar-refractivity contribution in [3.8, 4) is 11.5 Å². The third-order valence-electron chi connectivity index (χ3n) is 4.38. The summed E-state index contributed by atoms with van der Waals surface area (Å²) in [5.74, 6) is 1.20. The molecule has 0 aliphatic heterocycles. The molecule has 0 amide bonds. The van der Waals surface area contributed by atoms with Gasteiger partial charge in [0.05, 0.1) is 12.1 Å². The van der Waals surface area contributed by atoms with Crippen LogP contribution in [0.15, 0.2) is 60.7 Å². The van der Waals surface area contributed by atoms with Crippen LogP contribution in [0, 0.1) is 13.8 Å². The van der Waals surface area contributed by atoms with E-state index in [1.807, 2.05) is 42.5 Å². The average Bonchev–Trinajstić information content (AvgIpc) is 2.67. The fourth-order valence-corrected chi connectivity index (χ4v) is 3.24. The maximum atomic E-state index is 6.48. The van der Waals surface area contributed by atoms with E-state index in [0.29, 0.717) is 29.7 Å². The van der Waals surface area contributed by atoms with Gasteiger partial charge in [0.1, 0.15) is 6.61 Å². The maximum absolute atomic E-state index is 6.48. The molecule has 0 bridgehead atoms. The van der Waals surface area contributed by atoms with Crippen LogP contribution in [-0.4, -0.2) is 7.11 Å². The second kappa shape index (κ2) is 8.83. The van der Waals surface area contributed by atoms with E-state index in [-0.39, 0.29) is 0 Å². The molecule has 0 aromatic heterocycles. The molecule has 4 heteroatoms. The molecule has 3 rings (SSSR count). The van der Waals surface area contributed by atoms with E-state index in [1.165, 1.54) is 11.1 Å². The van der Waals surface area contributed by atoms with Crippen LogP contribution in [0.5, 0.6) is 11.5 Å². The molecule has 27 heavy (non-hydrogen) atoms. The first-order valence-electron chi connectivity index (χ1n) is 8.91. The standard InChI is InChI=1S/C23H24ClNO2/c1-16-9-10-21(17(2)11-16)25-14-19-12-20(24)23(22(13-19)26-3)27-15-18-7-5-4-6-8-18/h4-13,25H,14-15H2,1-3H3. The van der Waals surface area contributed by atoms with Crippen molar-refractivity contribution in [2.24, 2.45) is 0 Å². The van der Waals surface area contributed by atoms with E-state index < -0.39 is 0 Å². The average molecular weight is 382 g/mol. The van der Waals surface area contributed by atoms with Gasteiger partial charge < -0.3 is 14.8 Å². The summed E-state index contributed by atoms with van der Waals surface area (Å²) < 4.78 is 11.4. The zero-order valence-corrected chi connectivity index (χ0v) is 16.6. The molecule has 3 aromatic rings. The molecule has 0 aliphatic rings. The maximum Gasteiger partial charge on any atom is 0.180 e. The molecule has 0 saturated carbocycles. The largest absolute Gasteiger partial charge is 0.493 e. The summed E-state index contributed by atoms with van der Waals surface area (Å²) in [7, 11) is 1.63. The summed E-state index contributed by atoms with van der Waals surface area (Å²) >= 11 is 6.48. The lowest BCUT2D eigenvalue weighted by Gasteiger charge is -2.15. The fourth-order valence-electron chi connectivity index (χ4n) is 2.95. The number of methoxy groups -OCH3 is 1. The highest BCUT2D eigenvalue weighted by molar-refractivity contribution is 6.32. The highest BCUT2D eigenvalue weighted by atomic mass is 35.5. The molecule has 0 heterocycles. The Morgan fingerprint density at radius 2 is 1.70 bits per heavy atom. The molecule has 0 radical (unpaired) electrons. The van der Waals surface area contributed by atoms with Crippen LogP contribution in [0.25, 0.3) is 0 Å². The fraction of sp³-hybridized carbons (Fsp3) is 0.217. The van der Waals surface area contributed by atoms with Crippen molar-refractivity contribution in [1.29, 1.82) is 0 Å². The number of ether oxygens (including phenoxy) is 2. The molecular formula is C23H24ClNO2. The van der Waals surface area contributed by atoms with Crippen molar-refractivity contribution in [3.63, 3.8) is 0 Å². The summed E-state index contributed by atoms with van der Waals surface area (Å²) in [6.07, 6.45) is 0. The number of halogens is 1. The topological polar surface area (TPSA) is 30.5 Å². The van der Waals surface area contributed by atoms with Gasteiger partial charge in [-0.3, -0.25) is 0 Å².